The van der Waals surface area contributed by atoms with Gasteiger partial charge in [0.15, 0.2) is 11.6 Å². The van der Waals surface area contributed by atoms with Gasteiger partial charge in [-0.2, -0.15) is 9.97 Å². The van der Waals surface area contributed by atoms with Gasteiger partial charge < -0.3 is 8.98 Å². The number of aromatic nitrogens is 5. The molecule has 0 radical (unpaired) electrons. The first-order valence-electron chi connectivity index (χ1n) is 19.1. The third-order valence-electron chi connectivity index (χ3n) is 11.2. The number of nitrogens with zero attached hydrogens (tertiary/aromatic N) is 5. The van der Waals surface area contributed by atoms with Gasteiger partial charge in [-0.1, -0.05) is 133 Å². The second-order valence-corrected chi connectivity index (χ2v) is 14.4. The average Bonchev–Trinajstić information content (AvgIpc) is 3.94. The van der Waals surface area contributed by atoms with Crippen LogP contribution in [0.5, 0.6) is 0 Å². The van der Waals surface area contributed by atoms with Crippen LogP contribution in [0.15, 0.2) is 192 Å². The molecule has 0 aliphatic rings. The zero-order valence-corrected chi connectivity index (χ0v) is 30.5. The molecule has 0 N–H and O–H groups in total. The summed E-state index contributed by atoms with van der Waals surface area (Å²) in [5, 5.41) is 6.91. The number of para-hydroxylation sites is 3. The van der Waals surface area contributed by atoms with E-state index in [2.05, 4.69) is 124 Å². The highest BCUT2D eigenvalue weighted by atomic mass is 16.3. The molecule has 12 rings (SSSR count). The summed E-state index contributed by atoms with van der Waals surface area (Å²) >= 11 is 0. The Balaban J connectivity index is 1.08. The first-order valence-corrected chi connectivity index (χ1v) is 19.1. The third-order valence-corrected chi connectivity index (χ3v) is 11.2. The first kappa shape index (κ1) is 31.5. The first-order chi connectivity index (χ1) is 28.3. The Hall–Kier alpha value is -7.83. The minimum Gasteiger partial charge on any atom is -0.456 e. The fourth-order valence-electron chi connectivity index (χ4n) is 8.64. The van der Waals surface area contributed by atoms with Gasteiger partial charge >= 0.3 is 0 Å². The van der Waals surface area contributed by atoms with Crippen LogP contribution in [0.3, 0.4) is 0 Å². The van der Waals surface area contributed by atoms with Gasteiger partial charge in [-0.25, -0.2) is 4.98 Å². The van der Waals surface area contributed by atoms with Crippen LogP contribution in [0.2, 0.25) is 0 Å². The highest BCUT2D eigenvalue weighted by molar-refractivity contribution is 6.17. The van der Waals surface area contributed by atoms with Crippen molar-refractivity contribution in [2.24, 2.45) is 0 Å². The highest BCUT2D eigenvalue weighted by Crippen LogP contribution is 2.41. The van der Waals surface area contributed by atoms with Crippen LogP contribution in [-0.4, -0.2) is 24.1 Å². The summed E-state index contributed by atoms with van der Waals surface area (Å²) in [5.41, 5.74) is 11.4. The lowest BCUT2D eigenvalue weighted by Crippen LogP contribution is -2.06. The fraction of sp³-hybridized carbons (Fsp3) is 0. The number of rotatable bonds is 5. The van der Waals surface area contributed by atoms with Gasteiger partial charge in [0.05, 0.1) is 22.1 Å². The number of benzene rings is 8. The Morgan fingerprint density at radius 3 is 1.70 bits per heavy atom. The van der Waals surface area contributed by atoms with E-state index in [9.17, 15) is 0 Å². The van der Waals surface area contributed by atoms with E-state index in [1.807, 2.05) is 72.8 Å². The monoisotopic (exact) mass is 729 g/mol. The molecule has 4 aromatic heterocycles. The Morgan fingerprint density at radius 1 is 0.351 bits per heavy atom. The minimum atomic E-state index is 0.576. The van der Waals surface area contributed by atoms with Crippen LogP contribution in [0.4, 0.5) is 0 Å². The van der Waals surface area contributed by atoms with E-state index in [0.717, 1.165) is 82.7 Å². The second-order valence-electron chi connectivity index (χ2n) is 14.4. The van der Waals surface area contributed by atoms with Gasteiger partial charge in [0, 0.05) is 49.1 Å². The Labute approximate surface area is 326 Å². The lowest BCUT2D eigenvalue weighted by molar-refractivity contribution is 0.669. The van der Waals surface area contributed by atoms with Crippen molar-refractivity contribution in [3.05, 3.63) is 188 Å². The molecule has 12 aromatic rings. The molecule has 57 heavy (non-hydrogen) atoms. The summed E-state index contributed by atoms with van der Waals surface area (Å²) in [5.74, 6) is 1.83. The molecule has 0 spiro atoms. The molecule has 0 aliphatic carbocycles. The highest BCUT2D eigenvalue weighted by Gasteiger charge is 2.21. The van der Waals surface area contributed by atoms with Crippen molar-refractivity contribution in [1.29, 1.82) is 0 Å². The predicted molar refractivity (Wildman–Crippen MR) is 232 cm³/mol. The summed E-state index contributed by atoms with van der Waals surface area (Å²) in [4.78, 5) is 15.3. The maximum atomic E-state index is 6.19. The molecule has 0 fully saturated rings. The van der Waals surface area contributed by atoms with Crippen molar-refractivity contribution in [1.82, 2.24) is 24.1 Å². The molecule has 6 heteroatoms. The lowest BCUT2D eigenvalue weighted by atomic mass is 9.98. The Morgan fingerprint density at radius 2 is 0.947 bits per heavy atom. The Kier molecular flexibility index (Phi) is 6.83. The zero-order valence-electron chi connectivity index (χ0n) is 30.5. The molecule has 4 heterocycles. The van der Waals surface area contributed by atoms with Crippen LogP contribution < -0.4 is 0 Å². The smallest absolute Gasteiger partial charge is 0.238 e. The van der Waals surface area contributed by atoms with Crippen LogP contribution >= 0.6 is 0 Å². The fourth-order valence-corrected chi connectivity index (χ4v) is 8.64. The topological polar surface area (TPSA) is 61.7 Å². The average molecular weight is 730 g/mol. The van der Waals surface area contributed by atoms with E-state index in [4.69, 9.17) is 19.4 Å². The van der Waals surface area contributed by atoms with Gasteiger partial charge in [0.25, 0.3) is 0 Å². The maximum absolute atomic E-state index is 6.19. The standard InChI is InChI=1S/C51H31N5O/c1-3-14-32(15-4-1)49-52-50(33-16-5-2-6-17-33)54-51(53-49)56-43-23-11-8-20-39(43)48-36(21-13-24-45(48)56)34-26-28-44-40(30-34)37-18-7-10-22-42(37)55(44)35-27-29-47-41(31-35)38-19-9-12-25-46(38)57-47/h1-31H. The number of hydrogen-bond donors (Lipinski definition) is 0. The van der Waals surface area contributed by atoms with Gasteiger partial charge in [0.2, 0.25) is 5.95 Å². The van der Waals surface area contributed by atoms with Crippen molar-refractivity contribution in [3.63, 3.8) is 0 Å². The summed E-state index contributed by atoms with van der Waals surface area (Å²) in [6.07, 6.45) is 0. The van der Waals surface area contributed by atoms with Crippen LogP contribution in [0.1, 0.15) is 0 Å². The van der Waals surface area contributed by atoms with E-state index in [-0.39, 0.29) is 0 Å². The molecule has 0 unspecified atom stereocenters. The summed E-state index contributed by atoms with van der Waals surface area (Å²) < 4.78 is 10.8. The van der Waals surface area contributed by atoms with Crippen LogP contribution in [-0.2, 0) is 0 Å². The molecule has 266 valence electrons. The predicted octanol–water partition coefficient (Wildman–Crippen LogP) is 13.0. The van der Waals surface area contributed by atoms with Gasteiger partial charge in [-0.3, -0.25) is 4.57 Å². The molecule has 0 aliphatic heterocycles. The SMILES string of the molecule is c1ccc(-c2nc(-c3ccccc3)nc(-n3c4ccccc4c4c(-c5ccc6c(c5)c5ccccc5n6-c5ccc6oc7ccccc7c6c5)cccc43)n2)cc1. The van der Waals surface area contributed by atoms with Gasteiger partial charge in [0.1, 0.15) is 11.2 Å². The molecule has 0 amide bonds. The van der Waals surface area contributed by atoms with E-state index in [0.29, 0.717) is 17.6 Å². The normalized spacial score (nSPS) is 11.9. The molecule has 0 bridgehead atoms. The zero-order chi connectivity index (χ0) is 37.5. The van der Waals surface area contributed by atoms with Gasteiger partial charge in [-0.15, -0.1) is 0 Å². The number of hydrogen-bond acceptors (Lipinski definition) is 4. The summed E-state index contributed by atoms with van der Waals surface area (Å²) in [6.45, 7) is 0. The van der Waals surface area contributed by atoms with Crippen molar-refractivity contribution in [2.45, 2.75) is 0 Å². The molecule has 8 aromatic carbocycles. The molecular formula is C51H31N5O. The van der Waals surface area contributed by atoms with Gasteiger partial charge in [-0.05, 0) is 65.7 Å². The molecule has 0 atom stereocenters. The van der Waals surface area contributed by atoms with E-state index < -0.39 is 0 Å². The molecule has 0 saturated carbocycles. The van der Waals surface area contributed by atoms with Crippen LogP contribution in [0, 0.1) is 0 Å². The lowest BCUT2D eigenvalue weighted by Gasteiger charge is -2.11. The quantitative estimate of drug-likeness (QED) is 0.177. The largest absolute Gasteiger partial charge is 0.456 e. The Bertz CT molecular complexity index is 3470. The van der Waals surface area contributed by atoms with Crippen molar-refractivity contribution in [2.75, 3.05) is 0 Å². The number of fused-ring (bicyclic) bond motifs is 9. The minimum absolute atomic E-state index is 0.576. The third kappa shape index (κ3) is 4.87. The summed E-state index contributed by atoms with van der Waals surface area (Å²) in [6, 6.07) is 65.7. The molecular weight excluding hydrogens is 699 g/mol. The molecule has 6 nitrogen and oxygen atoms in total. The maximum Gasteiger partial charge on any atom is 0.238 e. The van der Waals surface area contributed by atoms with Crippen molar-refractivity contribution < 1.29 is 4.42 Å². The van der Waals surface area contributed by atoms with Crippen LogP contribution in [0.25, 0.3) is 111 Å². The summed E-state index contributed by atoms with van der Waals surface area (Å²) in [7, 11) is 0. The second kappa shape index (κ2) is 12.3. The van der Waals surface area contributed by atoms with E-state index in [1.165, 1.54) is 10.8 Å². The van der Waals surface area contributed by atoms with E-state index in [1.54, 1.807) is 0 Å². The van der Waals surface area contributed by atoms with Crippen molar-refractivity contribution in [3.8, 4) is 45.5 Å². The number of furan rings is 1. The van der Waals surface area contributed by atoms with Crippen molar-refractivity contribution >= 4 is 65.6 Å². The van der Waals surface area contributed by atoms with E-state index >= 15 is 0 Å². The molecule has 0 saturated heterocycles.